The molecule has 1 fully saturated rings. The molecule has 2 aromatic rings. The third-order valence-corrected chi connectivity index (χ3v) is 6.39. The normalized spacial score (nSPS) is 16.9. The molecule has 1 aliphatic heterocycles. The second-order valence-corrected chi connectivity index (χ2v) is 8.98. The number of ether oxygens (including phenoxy) is 1. The molecule has 0 aromatic heterocycles. The lowest BCUT2D eigenvalue weighted by Crippen LogP contribution is -2.23. The highest BCUT2D eigenvalue weighted by Gasteiger charge is 2.30. The van der Waals surface area contributed by atoms with Gasteiger partial charge in [-0.2, -0.15) is 0 Å². The number of benzene rings is 2. The van der Waals surface area contributed by atoms with Gasteiger partial charge in [0.05, 0.1) is 17.2 Å². The summed E-state index contributed by atoms with van der Waals surface area (Å²) in [5, 5.41) is 0.696. The molecule has 0 aliphatic carbocycles. The van der Waals surface area contributed by atoms with Gasteiger partial charge < -0.3 is 4.74 Å². The quantitative estimate of drug-likeness (QED) is 0.526. The van der Waals surface area contributed by atoms with E-state index in [1.807, 2.05) is 19.1 Å². The minimum Gasteiger partial charge on any atom is -0.494 e. The van der Waals surface area contributed by atoms with Gasteiger partial charge in [0.1, 0.15) is 5.75 Å². The summed E-state index contributed by atoms with van der Waals surface area (Å²) in [5.74, 6) is 1.23. The maximum Gasteiger partial charge on any atom is 0.266 e. The third-order valence-electron chi connectivity index (χ3n) is 5.33. The molecule has 1 amide bonds. The van der Waals surface area contributed by atoms with Crippen molar-refractivity contribution in [1.29, 1.82) is 0 Å². The van der Waals surface area contributed by atoms with Crippen LogP contribution in [0.25, 0.3) is 6.08 Å². The maximum atomic E-state index is 12.9. The number of hydrogen-bond donors (Lipinski definition) is 0. The van der Waals surface area contributed by atoms with Gasteiger partial charge in [0, 0.05) is 7.05 Å². The first-order valence-corrected chi connectivity index (χ1v) is 11.1. The first kappa shape index (κ1) is 22.2. The Morgan fingerprint density at radius 2 is 1.83 bits per heavy atom. The van der Waals surface area contributed by atoms with Crippen molar-refractivity contribution in [3.05, 3.63) is 63.1 Å². The largest absolute Gasteiger partial charge is 0.494 e. The van der Waals surface area contributed by atoms with Crippen LogP contribution in [0.1, 0.15) is 54.5 Å². The molecular weight excluding hydrogens is 392 g/mol. The minimum atomic E-state index is -0.0260. The van der Waals surface area contributed by atoms with Crippen LogP contribution in [0.3, 0.4) is 0 Å². The Kier molecular flexibility index (Phi) is 6.71. The fourth-order valence-electron chi connectivity index (χ4n) is 3.30. The van der Waals surface area contributed by atoms with Gasteiger partial charge in [-0.25, -0.2) is 4.99 Å². The van der Waals surface area contributed by atoms with E-state index in [0.717, 1.165) is 28.1 Å². The highest BCUT2D eigenvalue weighted by atomic mass is 32.2. The van der Waals surface area contributed by atoms with E-state index in [1.54, 1.807) is 11.9 Å². The Hall–Kier alpha value is -2.53. The van der Waals surface area contributed by atoms with Gasteiger partial charge in [0.2, 0.25) is 0 Å². The number of hydrogen-bond acceptors (Lipinski definition) is 4. The van der Waals surface area contributed by atoms with Crippen molar-refractivity contribution in [1.82, 2.24) is 4.90 Å². The van der Waals surface area contributed by atoms with E-state index >= 15 is 0 Å². The van der Waals surface area contributed by atoms with Crippen LogP contribution in [-0.4, -0.2) is 29.6 Å². The first-order valence-electron chi connectivity index (χ1n) is 10.3. The lowest BCUT2D eigenvalue weighted by atomic mass is 9.96. The predicted octanol–water partition coefficient (Wildman–Crippen LogP) is 6.37. The number of aliphatic imine (C=N–C) groups is 1. The zero-order valence-electron chi connectivity index (χ0n) is 18.9. The number of likely N-dealkylation sites (N-methyl/N-ethyl adjacent to an activating group) is 1. The van der Waals surface area contributed by atoms with E-state index in [0.29, 0.717) is 22.6 Å². The van der Waals surface area contributed by atoms with E-state index in [4.69, 9.17) is 9.73 Å². The second kappa shape index (κ2) is 9.09. The third kappa shape index (κ3) is 4.62. The van der Waals surface area contributed by atoms with Crippen molar-refractivity contribution in [3.8, 4) is 5.75 Å². The molecule has 0 saturated carbocycles. The van der Waals surface area contributed by atoms with Gasteiger partial charge in [-0.05, 0) is 104 Å². The molecule has 1 saturated heterocycles. The van der Waals surface area contributed by atoms with Crippen LogP contribution in [0.4, 0.5) is 5.69 Å². The molecule has 0 atom stereocenters. The van der Waals surface area contributed by atoms with E-state index in [-0.39, 0.29) is 5.91 Å². The fourth-order valence-corrected chi connectivity index (χ4v) is 4.28. The molecular formula is C25H30N2O2S. The summed E-state index contributed by atoms with van der Waals surface area (Å²) >= 11 is 1.42. The molecule has 30 heavy (non-hydrogen) atoms. The van der Waals surface area contributed by atoms with Crippen LogP contribution >= 0.6 is 11.8 Å². The zero-order valence-corrected chi connectivity index (χ0v) is 19.7. The van der Waals surface area contributed by atoms with Crippen LogP contribution in [-0.2, 0) is 4.79 Å². The summed E-state index contributed by atoms with van der Waals surface area (Å²) in [4.78, 5) is 19.9. The van der Waals surface area contributed by atoms with Crippen molar-refractivity contribution in [2.45, 2.75) is 47.5 Å². The number of amidine groups is 1. The van der Waals surface area contributed by atoms with Gasteiger partial charge in [-0.1, -0.05) is 19.9 Å². The predicted molar refractivity (Wildman–Crippen MR) is 128 cm³/mol. The minimum absolute atomic E-state index is 0.0260. The summed E-state index contributed by atoms with van der Waals surface area (Å²) in [6, 6.07) is 10.3. The van der Waals surface area contributed by atoms with Crippen molar-refractivity contribution < 1.29 is 9.53 Å². The molecule has 0 radical (unpaired) electrons. The Morgan fingerprint density at radius 1 is 1.10 bits per heavy atom. The van der Waals surface area contributed by atoms with Crippen molar-refractivity contribution in [2.75, 3.05) is 13.7 Å². The molecule has 158 valence electrons. The summed E-state index contributed by atoms with van der Waals surface area (Å²) in [7, 11) is 1.78. The second-order valence-electron chi connectivity index (χ2n) is 7.97. The SMILES string of the molecule is CCOc1cc(C)c(/C=C2/SC(=Nc3ccc(C)c(C)c3)N(C)C2=O)cc1C(C)C. The topological polar surface area (TPSA) is 41.9 Å². The van der Waals surface area contributed by atoms with Gasteiger partial charge in [0.15, 0.2) is 5.17 Å². The Bertz CT molecular complexity index is 1040. The molecule has 0 N–H and O–H groups in total. The van der Waals surface area contributed by atoms with E-state index < -0.39 is 0 Å². The van der Waals surface area contributed by atoms with E-state index in [2.05, 4.69) is 58.9 Å². The molecule has 5 heteroatoms. The van der Waals surface area contributed by atoms with E-state index in [1.165, 1.54) is 22.9 Å². The number of rotatable bonds is 5. The molecule has 0 unspecified atom stereocenters. The monoisotopic (exact) mass is 422 g/mol. The first-order chi connectivity index (χ1) is 14.2. The molecule has 4 nitrogen and oxygen atoms in total. The number of thioether (sulfide) groups is 1. The molecule has 3 rings (SSSR count). The number of aryl methyl sites for hydroxylation is 3. The van der Waals surface area contributed by atoms with Crippen LogP contribution in [0.5, 0.6) is 5.75 Å². The number of carbonyl (C=O) groups is 1. The summed E-state index contributed by atoms with van der Waals surface area (Å²) in [5.41, 5.74) is 6.57. The van der Waals surface area contributed by atoms with Gasteiger partial charge in [0.25, 0.3) is 5.91 Å². The van der Waals surface area contributed by atoms with Crippen LogP contribution in [0.15, 0.2) is 40.2 Å². The Balaban J connectivity index is 1.96. The van der Waals surface area contributed by atoms with E-state index in [9.17, 15) is 4.79 Å². The van der Waals surface area contributed by atoms with Crippen molar-refractivity contribution >= 4 is 34.6 Å². The van der Waals surface area contributed by atoms with Gasteiger partial charge in [-0.3, -0.25) is 9.69 Å². The summed E-state index contributed by atoms with van der Waals surface area (Å²) in [6.07, 6.45) is 1.98. The Morgan fingerprint density at radius 3 is 2.47 bits per heavy atom. The molecule has 0 bridgehead atoms. The Labute approximate surface area is 184 Å². The lowest BCUT2D eigenvalue weighted by Gasteiger charge is -2.16. The number of carbonyl (C=O) groups excluding carboxylic acids is 1. The zero-order chi connectivity index (χ0) is 22.0. The number of amides is 1. The van der Waals surface area contributed by atoms with Crippen molar-refractivity contribution in [2.24, 2.45) is 4.99 Å². The number of nitrogens with zero attached hydrogens (tertiary/aromatic N) is 2. The van der Waals surface area contributed by atoms with Crippen LogP contribution < -0.4 is 4.74 Å². The highest BCUT2D eigenvalue weighted by molar-refractivity contribution is 8.18. The maximum absolute atomic E-state index is 12.9. The lowest BCUT2D eigenvalue weighted by molar-refractivity contribution is -0.121. The smallest absolute Gasteiger partial charge is 0.266 e. The average molecular weight is 423 g/mol. The summed E-state index contributed by atoms with van der Waals surface area (Å²) in [6.45, 7) is 13.1. The summed E-state index contributed by atoms with van der Waals surface area (Å²) < 4.78 is 5.82. The van der Waals surface area contributed by atoms with Crippen LogP contribution in [0.2, 0.25) is 0 Å². The van der Waals surface area contributed by atoms with Gasteiger partial charge >= 0.3 is 0 Å². The standard InChI is InChI=1S/C25H30N2O2S/c1-8-29-22-12-18(6)19(13-21(22)15(2)3)14-23-24(28)27(7)25(30-23)26-20-10-9-16(4)17(5)11-20/h9-15H,8H2,1-7H3/b23-14+,26-25?. The molecule has 0 spiro atoms. The van der Waals surface area contributed by atoms with Gasteiger partial charge in [-0.15, -0.1) is 0 Å². The molecule has 1 aliphatic rings. The fraction of sp³-hybridized carbons (Fsp3) is 0.360. The average Bonchev–Trinajstić information content (AvgIpc) is 2.94. The van der Waals surface area contributed by atoms with Crippen molar-refractivity contribution in [3.63, 3.8) is 0 Å². The molecule has 1 heterocycles. The highest BCUT2D eigenvalue weighted by Crippen LogP contribution is 2.36. The molecule has 2 aromatic carbocycles. The van der Waals surface area contributed by atoms with Crippen LogP contribution in [0, 0.1) is 20.8 Å².